The fourth-order valence-electron chi connectivity index (χ4n) is 8.02. The van der Waals surface area contributed by atoms with Crippen LogP contribution in [0.25, 0.3) is 0 Å². The summed E-state index contributed by atoms with van der Waals surface area (Å²) in [5, 5.41) is 21.8. The van der Waals surface area contributed by atoms with Gasteiger partial charge in [0.25, 0.3) is 0 Å². The van der Waals surface area contributed by atoms with Gasteiger partial charge in [0.15, 0.2) is 31.3 Å². The molecule has 0 aromatic rings. The number of aliphatic hydroxyl groups excluding tert-OH is 2. The second kappa shape index (κ2) is 19.2. The third-order valence-corrected chi connectivity index (χ3v) is 10.9. The predicted molar refractivity (Wildman–Crippen MR) is 182 cm³/mol. The van der Waals surface area contributed by atoms with Crippen LogP contribution in [0.2, 0.25) is 0 Å². The Kier molecular flexibility index (Phi) is 15.5. The first-order chi connectivity index (χ1) is 25.7. The molecule has 0 unspecified atom stereocenters. The lowest BCUT2D eigenvalue weighted by atomic mass is 9.97. The van der Waals surface area contributed by atoms with Crippen molar-refractivity contribution >= 4 is 11.9 Å². The van der Waals surface area contributed by atoms with Crippen LogP contribution in [-0.4, -0.2) is 173 Å². The summed E-state index contributed by atoms with van der Waals surface area (Å²) in [5.41, 5.74) is 0. The second-order valence-corrected chi connectivity index (χ2v) is 14.7. The number of hydrogen-bond donors (Lipinski definition) is 2. The zero-order valence-electron chi connectivity index (χ0n) is 32.8. The van der Waals surface area contributed by atoms with Crippen molar-refractivity contribution in [1.82, 2.24) is 0 Å². The van der Waals surface area contributed by atoms with Gasteiger partial charge in [-0.3, -0.25) is 9.59 Å². The Morgan fingerprint density at radius 1 is 0.574 bits per heavy atom. The maximum atomic E-state index is 12.0. The van der Waals surface area contributed by atoms with E-state index in [1.54, 1.807) is 35.0 Å². The number of hydrogen-bond acceptors (Lipinski definition) is 18. The minimum Gasteiger partial charge on any atom is -0.460 e. The summed E-state index contributed by atoms with van der Waals surface area (Å²) < 4.78 is 83.4. The standard InChI is InChI=1S/C36H60O18/c1-15-29(40)34(44-10)35(50-20(6)37)36(49-15)54-33-19(5)48-28(14-24(33)43-9)53-32-18(4)47-27(13-23(32)42-8)51-30-16(2)46-26(11-21(30)38)52-31-17(3)45-25(39)12-22(31)41-7/h15-19,21-24,26-36,38,40H,11-14H2,1-10H3/t15-,16-,17-,18+,19-,21+,22-,23+,24+,26+,27+,28+,29+,30-,31-,32-,33-,34+,35-,36+/m1/s1. The van der Waals surface area contributed by atoms with E-state index in [0.29, 0.717) is 6.42 Å². The Labute approximate surface area is 316 Å². The van der Waals surface area contributed by atoms with Gasteiger partial charge in [-0.25, -0.2) is 0 Å². The van der Waals surface area contributed by atoms with E-state index in [0.717, 1.165) is 0 Å². The average molecular weight is 781 g/mol. The van der Waals surface area contributed by atoms with Gasteiger partial charge in [0.05, 0.1) is 55.3 Å². The monoisotopic (exact) mass is 780 g/mol. The molecule has 5 rings (SSSR count). The summed E-state index contributed by atoms with van der Waals surface area (Å²) >= 11 is 0. The zero-order chi connectivity index (χ0) is 39.4. The van der Waals surface area contributed by atoms with Crippen molar-refractivity contribution < 1.29 is 86.1 Å². The van der Waals surface area contributed by atoms with E-state index in [-0.39, 0.29) is 25.2 Å². The molecule has 5 heterocycles. The summed E-state index contributed by atoms with van der Waals surface area (Å²) in [6, 6.07) is 0. The molecule has 5 aliphatic heterocycles. The molecule has 5 fully saturated rings. The van der Waals surface area contributed by atoms with E-state index < -0.39 is 129 Å². The molecule has 0 radical (unpaired) electrons. The number of ether oxygens (including phenoxy) is 14. The molecule has 18 heteroatoms. The molecule has 5 saturated heterocycles. The van der Waals surface area contributed by atoms with Crippen molar-refractivity contribution in [2.45, 2.75) is 190 Å². The number of esters is 2. The van der Waals surface area contributed by atoms with Crippen molar-refractivity contribution in [2.24, 2.45) is 0 Å². The van der Waals surface area contributed by atoms with Crippen LogP contribution in [0.3, 0.4) is 0 Å². The molecule has 20 atom stereocenters. The summed E-state index contributed by atoms with van der Waals surface area (Å²) in [4.78, 5) is 23.8. The minimum atomic E-state index is -1.07. The van der Waals surface area contributed by atoms with Crippen molar-refractivity contribution in [1.29, 1.82) is 0 Å². The smallest absolute Gasteiger partial charge is 0.308 e. The van der Waals surface area contributed by atoms with E-state index >= 15 is 0 Å². The first kappa shape index (κ1) is 43.5. The van der Waals surface area contributed by atoms with Gasteiger partial charge in [0, 0.05) is 54.6 Å². The lowest BCUT2D eigenvalue weighted by Gasteiger charge is -2.47. The van der Waals surface area contributed by atoms with Gasteiger partial charge in [-0.15, -0.1) is 0 Å². The molecule has 0 saturated carbocycles. The number of cyclic esters (lactones) is 1. The number of methoxy groups -OCH3 is 4. The lowest BCUT2D eigenvalue weighted by molar-refractivity contribution is -0.356. The van der Waals surface area contributed by atoms with Crippen LogP contribution < -0.4 is 0 Å². The van der Waals surface area contributed by atoms with Crippen LogP contribution in [0, 0.1) is 0 Å². The molecular formula is C36H60O18. The highest BCUT2D eigenvalue weighted by Crippen LogP contribution is 2.36. The highest BCUT2D eigenvalue weighted by atomic mass is 16.8. The lowest BCUT2D eigenvalue weighted by Crippen LogP contribution is -2.62. The SMILES string of the molecule is CO[C@H]1[C@@H](O)[C@@H](C)O[C@@H](O[C@H]2[C@@H](OC)C[C@H](O[C@@H]3[C@H](C)O[C@@H](O[C@H]4[C@@H](O)C[C@H](O[C@@H]5[C@@H](C)OC(=O)C[C@H]5OC)O[C@@H]4C)C[C@@H]3OC)O[C@@H]2C)[C@@H]1OC(C)=O. The van der Waals surface area contributed by atoms with Crippen LogP contribution >= 0.6 is 0 Å². The topological polar surface area (TPSA) is 204 Å². The molecular weight excluding hydrogens is 720 g/mol. The summed E-state index contributed by atoms with van der Waals surface area (Å²) in [7, 11) is 6.07. The molecule has 0 aromatic carbocycles. The van der Waals surface area contributed by atoms with Gasteiger partial charge < -0.3 is 76.5 Å². The summed E-state index contributed by atoms with van der Waals surface area (Å²) in [6.07, 6.45) is -13.2. The highest BCUT2D eigenvalue weighted by Gasteiger charge is 2.51. The van der Waals surface area contributed by atoms with Gasteiger partial charge in [-0.05, 0) is 34.6 Å². The molecule has 0 bridgehead atoms. The average Bonchev–Trinajstić information content (AvgIpc) is 3.11. The molecule has 312 valence electrons. The Hall–Kier alpha value is -1.62. The van der Waals surface area contributed by atoms with Crippen molar-refractivity contribution in [2.75, 3.05) is 28.4 Å². The molecule has 54 heavy (non-hydrogen) atoms. The fourth-order valence-corrected chi connectivity index (χ4v) is 8.02. The van der Waals surface area contributed by atoms with Crippen LogP contribution in [-0.2, 0) is 75.9 Å². The van der Waals surface area contributed by atoms with Gasteiger partial charge >= 0.3 is 11.9 Å². The van der Waals surface area contributed by atoms with E-state index in [2.05, 4.69) is 0 Å². The molecule has 18 nitrogen and oxygen atoms in total. The third kappa shape index (κ3) is 10.1. The molecule has 5 aliphatic rings. The molecule has 0 aromatic heterocycles. The van der Waals surface area contributed by atoms with Crippen LogP contribution in [0.15, 0.2) is 0 Å². The largest absolute Gasteiger partial charge is 0.460 e. The molecule has 0 aliphatic carbocycles. The fraction of sp³-hybridized carbons (Fsp3) is 0.944. The molecule has 0 spiro atoms. The maximum Gasteiger partial charge on any atom is 0.308 e. The Morgan fingerprint density at radius 2 is 1.06 bits per heavy atom. The third-order valence-electron chi connectivity index (χ3n) is 10.9. The molecule has 2 N–H and O–H groups in total. The maximum absolute atomic E-state index is 12.0. The first-order valence-electron chi connectivity index (χ1n) is 18.7. The summed E-state index contributed by atoms with van der Waals surface area (Å²) in [6.45, 7) is 10.1. The summed E-state index contributed by atoms with van der Waals surface area (Å²) in [5.74, 6) is -0.934. The first-order valence-corrected chi connectivity index (χ1v) is 18.7. The quantitative estimate of drug-likeness (QED) is 0.247. The van der Waals surface area contributed by atoms with Crippen LogP contribution in [0.4, 0.5) is 0 Å². The Balaban J connectivity index is 1.15. The number of aliphatic hydroxyl groups is 2. The van der Waals surface area contributed by atoms with Crippen molar-refractivity contribution in [3.05, 3.63) is 0 Å². The zero-order valence-corrected chi connectivity index (χ0v) is 32.8. The van der Waals surface area contributed by atoms with E-state index in [4.69, 9.17) is 66.3 Å². The van der Waals surface area contributed by atoms with E-state index in [9.17, 15) is 19.8 Å². The molecule has 0 amide bonds. The van der Waals surface area contributed by atoms with E-state index in [1.807, 2.05) is 13.8 Å². The van der Waals surface area contributed by atoms with Gasteiger partial charge in [0.2, 0.25) is 0 Å². The van der Waals surface area contributed by atoms with Crippen molar-refractivity contribution in [3.63, 3.8) is 0 Å². The number of carbonyl (C=O) groups is 2. The number of rotatable bonds is 13. The highest BCUT2D eigenvalue weighted by molar-refractivity contribution is 5.71. The van der Waals surface area contributed by atoms with Gasteiger partial charge in [-0.1, -0.05) is 0 Å². The Morgan fingerprint density at radius 3 is 1.56 bits per heavy atom. The minimum absolute atomic E-state index is 0.0647. The van der Waals surface area contributed by atoms with Crippen LogP contribution in [0.5, 0.6) is 0 Å². The number of carbonyl (C=O) groups excluding carboxylic acids is 2. The van der Waals surface area contributed by atoms with Gasteiger partial charge in [0.1, 0.15) is 42.7 Å². The van der Waals surface area contributed by atoms with Crippen molar-refractivity contribution in [3.8, 4) is 0 Å². The Bertz CT molecular complexity index is 1200. The predicted octanol–water partition coefficient (Wildman–Crippen LogP) is 0.726. The normalized spacial score (nSPS) is 47.5. The second-order valence-electron chi connectivity index (χ2n) is 14.7. The van der Waals surface area contributed by atoms with Crippen LogP contribution in [0.1, 0.15) is 67.2 Å². The van der Waals surface area contributed by atoms with E-state index in [1.165, 1.54) is 21.1 Å². The van der Waals surface area contributed by atoms with Gasteiger partial charge in [-0.2, -0.15) is 0 Å².